The van der Waals surface area contributed by atoms with E-state index in [1.165, 1.54) is 17.0 Å². The number of halogens is 2. The van der Waals surface area contributed by atoms with Gasteiger partial charge in [0, 0.05) is 24.5 Å². The fraction of sp³-hybridized carbons (Fsp3) is 0.333. The quantitative estimate of drug-likeness (QED) is 0.690. The van der Waals surface area contributed by atoms with Gasteiger partial charge in [-0.2, -0.15) is 5.26 Å². The molecule has 170 valence electrons. The predicted octanol–water partition coefficient (Wildman–Crippen LogP) is 3.11. The van der Waals surface area contributed by atoms with Crippen molar-refractivity contribution in [2.45, 2.75) is 31.8 Å². The largest absolute Gasteiger partial charge is 0.340 e. The van der Waals surface area contributed by atoms with Crippen LogP contribution < -0.4 is 4.90 Å². The number of likely N-dealkylation sites (tertiary alicyclic amines) is 1. The number of hydrogen-bond donors (Lipinski definition) is 0. The van der Waals surface area contributed by atoms with Crippen molar-refractivity contribution in [3.8, 4) is 6.07 Å². The summed E-state index contributed by atoms with van der Waals surface area (Å²) in [4.78, 5) is 43.8. The van der Waals surface area contributed by atoms with Crippen LogP contribution in [0.5, 0.6) is 0 Å². The van der Waals surface area contributed by atoms with Gasteiger partial charge in [0.2, 0.25) is 11.8 Å². The molecule has 2 aromatic carbocycles. The SMILES string of the molecule is CCC(=O)N1CC[C@@]2(C1)C(=O)N(c1ccc(C#N)cc1F)CC(=O)N2Cc1ccc(Cl)cc1. The number of anilines is 1. The lowest BCUT2D eigenvalue weighted by Gasteiger charge is -2.47. The van der Waals surface area contributed by atoms with Crippen LogP contribution in [0.15, 0.2) is 42.5 Å². The van der Waals surface area contributed by atoms with Gasteiger partial charge in [-0.3, -0.25) is 19.3 Å². The topological polar surface area (TPSA) is 84.7 Å². The molecule has 0 aliphatic carbocycles. The first-order chi connectivity index (χ1) is 15.8. The molecule has 1 atom stereocenters. The highest BCUT2D eigenvalue weighted by Crippen LogP contribution is 2.37. The van der Waals surface area contributed by atoms with Crippen molar-refractivity contribution in [2.75, 3.05) is 24.5 Å². The van der Waals surface area contributed by atoms with Gasteiger partial charge >= 0.3 is 0 Å². The third-order valence-electron chi connectivity index (χ3n) is 6.28. The van der Waals surface area contributed by atoms with Crippen LogP contribution in [0.1, 0.15) is 30.9 Å². The summed E-state index contributed by atoms with van der Waals surface area (Å²) in [5.74, 6) is -1.65. The van der Waals surface area contributed by atoms with Gasteiger partial charge in [0.05, 0.1) is 23.9 Å². The van der Waals surface area contributed by atoms with E-state index in [4.69, 9.17) is 16.9 Å². The molecule has 0 bridgehead atoms. The molecule has 2 aromatic rings. The first-order valence-electron chi connectivity index (χ1n) is 10.6. The van der Waals surface area contributed by atoms with Gasteiger partial charge in [-0.25, -0.2) is 4.39 Å². The summed E-state index contributed by atoms with van der Waals surface area (Å²) in [7, 11) is 0. The second-order valence-electron chi connectivity index (χ2n) is 8.23. The van der Waals surface area contributed by atoms with Crippen molar-refractivity contribution >= 4 is 35.0 Å². The first kappa shape index (κ1) is 22.7. The third-order valence-corrected chi connectivity index (χ3v) is 6.53. The van der Waals surface area contributed by atoms with E-state index in [-0.39, 0.29) is 55.5 Å². The molecule has 2 aliphatic heterocycles. The first-order valence-corrected chi connectivity index (χ1v) is 11.0. The Hall–Kier alpha value is -3.44. The molecular formula is C24H22ClFN4O3. The molecular weight excluding hydrogens is 447 g/mol. The smallest absolute Gasteiger partial charge is 0.255 e. The lowest BCUT2D eigenvalue weighted by atomic mass is 9.89. The van der Waals surface area contributed by atoms with E-state index in [0.717, 1.165) is 16.5 Å². The lowest BCUT2D eigenvalue weighted by molar-refractivity contribution is -0.151. The Morgan fingerprint density at radius 3 is 2.58 bits per heavy atom. The van der Waals surface area contributed by atoms with E-state index in [1.807, 2.05) is 6.07 Å². The summed E-state index contributed by atoms with van der Waals surface area (Å²) >= 11 is 5.98. The molecule has 4 rings (SSSR count). The molecule has 0 aromatic heterocycles. The Bertz CT molecular complexity index is 1160. The van der Waals surface area contributed by atoms with Gasteiger partial charge in [0.25, 0.3) is 5.91 Å². The number of nitrogens with zero attached hydrogens (tertiary/aromatic N) is 4. The maximum absolute atomic E-state index is 14.8. The molecule has 3 amide bonds. The molecule has 0 radical (unpaired) electrons. The molecule has 7 nitrogen and oxygen atoms in total. The van der Waals surface area contributed by atoms with Crippen LogP contribution in [0, 0.1) is 17.1 Å². The van der Waals surface area contributed by atoms with Crippen molar-refractivity contribution in [2.24, 2.45) is 0 Å². The number of nitriles is 1. The van der Waals surface area contributed by atoms with Crippen LogP contribution in [0.4, 0.5) is 10.1 Å². The van der Waals surface area contributed by atoms with Gasteiger partial charge < -0.3 is 9.80 Å². The molecule has 2 heterocycles. The molecule has 1 spiro atoms. The summed E-state index contributed by atoms with van der Waals surface area (Å²) in [6.45, 7) is 1.95. The fourth-order valence-corrected chi connectivity index (χ4v) is 4.65. The maximum Gasteiger partial charge on any atom is 0.255 e. The number of carbonyl (C=O) groups is 3. The Morgan fingerprint density at radius 1 is 1.21 bits per heavy atom. The second kappa shape index (κ2) is 8.83. The van der Waals surface area contributed by atoms with Crippen molar-refractivity contribution in [1.82, 2.24) is 9.80 Å². The number of carbonyl (C=O) groups excluding carboxylic acids is 3. The Morgan fingerprint density at radius 2 is 1.94 bits per heavy atom. The molecule has 2 saturated heterocycles. The number of amides is 3. The average Bonchev–Trinajstić information content (AvgIpc) is 3.26. The highest BCUT2D eigenvalue weighted by Gasteiger charge is 2.57. The van der Waals surface area contributed by atoms with Gasteiger partial charge in [-0.1, -0.05) is 30.7 Å². The van der Waals surface area contributed by atoms with Crippen LogP contribution in [-0.4, -0.2) is 52.7 Å². The molecule has 2 fully saturated rings. The number of hydrogen-bond acceptors (Lipinski definition) is 4. The molecule has 2 aliphatic rings. The summed E-state index contributed by atoms with van der Waals surface area (Å²) in [6.07, 6.45) is 0.536. The van der Waals surface area contributed by atoms with E-state index in [9.17, 15) is 18.8 Å². The Labute approximate surface area is 195 Å². The van der Waals surface area contributed by atoms with Crippen molar-refractivity contribution in [3.63, 3.8) is 0 Å². The second-order valence-corrected chi connectivity index (χ2v) is 8.66. The molecule has 33 heavy (non-hydrogen) atoms. The van der Waals surface area contributed by atoms with Crippen molar-refractivity contribution in [3.05, 3.63) is 64.4 Å². The van der Waals surface area contributed by atoms with E-state index < -0.39 is 17.3 Å². The summed E-state index contributed by atoms with van der Waals surface area (Å²) in [5, 5.41) is 9.57. The zero-order chi connectivity index (χ0) is 23.8. The zero-order valence-corrected chi connectivity index (χ0v) is 18.8. The van der Waals surface area contributed by atoms with Gasteiger partial charge in [0.15, 0.2) is 0 Å². The fourth-order valence-electron chi connectivity index (χ4n) is 4.52. The van der Waals surface area contributed by atoms with Crippen LogP contribution in [-0.2, 0) is 20.9 Å². The van der Waals surface area contributed by atoms with Crippen LogP contribution in [0.25, 0.3) is 0 Å². The van der Waals surface area contributed by atoms with Crippen LogP contribution in [0.3, 0.4) is 0 Å². The van der Waals surface area contributed by atoms with Crippen molar-refractivity contribution in [1.29, 1.82) is 5.26 Å². The van der Waals surface area contributed by atoms with Crippen LogP contribution >= 0.6 is 11.6 Å². The number of rotatable bonds is 4. The summed E-state index contributed by atoms with van der Waals surface area (Å²) in [5.41, 5.74) is -0.455. The minimum absolute atomic E-state index is 0.0479. The molecule has 0 unspecified atom stereocenters. The Balaban J connectivity index is 1.74. The van der Waals surface area contributed by atoms with Gasteiger partial charge in [0.1, 0.15) is 17.9 Å². The number of benzene rings is 2. The van der Waals surface area contributed by atoms with Crippen LogP contribution in [0.2, 0.25) is 5.02 Å². The van der Waals surface area contributed by atoms with Gasteiger partial charge in [-0.05, 0) is 42.3 Å². The van der Waals surface area contributed by atoms with E-state index in [2.05, 4.69) is 0 Å². The average molecular weight is 469 g/mol. The summed E-state index contributed by atoms with van der Waals surface area (Å²) < 4.78 is 14.8. The third kappa shape index (κ3) is 4.05. The monoisotopic (exact) mass is 468 g/mol. The Kier molecular flexibility index (Phi) is 6.09. The van der Waals surface area contributed by atoms with Crippen molar-refractivity contribution < 1.29 is 18.8 Å². The maximum atomic E-state index is 14.8. The lowest BCUT2D eigenvalue weighted by Crippen LogP contribution is -2.69. The zero-order valence-electron chi connectivity index (χ0n) is 18.1. The minimum atomic E-state index is -1.31. The molecule has 0 saturated carbocycles. The van der Waals surface area contributed by atoms with E-state index in [1.54, 1.807) is 36.1 Å². The normalized spacial score (nSPS) is 20.5. The number of piperazine rings is 1. The summed E-state index contributed by atoms with van der Waals surface area (Å²) in [6, 6.07) is 12.6. The highest BCUT2D eigenvalue weighted by atomic mass is 35.5. The minimum Gasteiger partial charge on any atom is -0.340 e. The predicted molar refractivity (Wildman–Crippen MR) is 120 cm³/mol. The molecule has 0 N–H and O–H groups in total. The molecule has 9 heteroatoms. The standard InChI is InChI=1S/C24H22ClFN4O3/c1-2-21(31)28-10-9-24(15-28)23(33)29(20-8-5-17(12-27)11-19(20)26)14-22(32)30(24)13-16-3-6-18(25)7-4-16/h3-8,11H,2,9-10,13-15H2,1H3/t24-/m1/s1. The van der Waals surface area contributed by atoms with E-state index in [0.29, 0.717) is 11.6 Å². The highest BCUT2D eigenvalue weighted by molar-refractivity contribution is 6.30. The van der Waals surface area contributed by atoms with Gasteiger partial charge in [-0.15, -0.1) is 0 Å². The van der Waals surface area contributed by atoms with E-state index >= 15 is 0 Å².